The second-order valence-electron chi connectivity index (χ2n) is 4.52. The molecule has 0 saturated carbocycles. The number of furan rings is 1. The first-order chi connectivity index (χ1) is 9.06. The van der Waals surface area contributed by atoms with Gasteiger partial charge in [0.15, 0.2) is 0 Å². The summed E-state index contributed by atoms with van der Waals surface area (Å²) in [6.07, 6.45) is 3.52. The lowest BCUT2D eigenvalue weighted by molar-refractivity contribution is 0.0661. The lowest BCUT2D eigenvalue weighted by atomic mass is 10.2. The maximum atomic E-state index is 10.8. The SMILES string of the molecule is Cc1oc(C(=O)O)cc1CN(C)Cc1ccncc1. The average molecular weight is 260 g/mol. The summed E-state index contributed by atoms with van der Waals surface area (Å²) in [4.78, 5) is 16.9. The van der Waals surface area contributed by atoms with Crippen molar-refractivity contribution in [2.24, 2.45) is 0 Å². The van der Waals surface area contributed by atoms with Gasteiger partial charge in [-0.3, -0.25) is 9.88 Å². The fraction of sp³-hybridized carbons (Fsp3) is 0.286. The highest BCUT2D eigenvalue weighted by Crippen LogP contribution is 2.17. The van der Waals surface area contributed by atoms with Crippen LogP contribution in [0.15, 0.2) is 35.0 Å². The summed E-state index contributed by atoms with van der Waals surface area (Å²) < 4.78 is 5.19. The highest BCUT2D eigenvalue weighted by atomic mass is 16.4. The lowest BCUT2D eigenvalue weighted by Crippen LogP contribution is -2.17. The summed E-state index contributed by atoms with van der Waals surface area (Å²) in [5.41, 5.74) is 2.06. The summed E-state index contributed by atoms with van der Waals surface area (Å²) in [6.45, 7) is 3.20. The van der Waals surface area contributed by atoms with Crippen molar-refractivity contribution in [3.63, 3.8) is 0 Å². The first kappa shape index (κ1) is 13.3. The largest absolute Gasteiger partial charge is 0.475 e. The van der Waals surface area contributed by atoms with Crippen molar-refractivity contribution in [2.45, 2.75) is 20.0 Å². The van der Waals surface area contributed by atoms with Crippen LogP contribution in [0.4, 0.5) is 0 Å². The van der Waals surface area contributed by atoms with E-state index in [0.717, 1.165) is 17.7 Å². The molecule has 5 heteroatoms. The molecule has 0 radical (unpaired) electrons. The number of rotatable bonds is 5. The zero-order valence-corrected chi connectivity index (χ0v) is 11.0. The third-order valence-electron chi connectivity index (χ3n) is 2.87. The van der Waals surface area contributed by atoms with E-state index in [0.29, 0.717) is 12.3 Å². The molecule has 2 rings (SSSR count). The van der Waals surface area contributed by atoms with Crippen molar-refractivity contribution >= 4 is 5.97 Å². The summed E-state index contributed by atoms with van der Waals surface area (Å²) in [6, 6.07) is 5.50. The van der Waals surface area contributed by atoms with E-state index in [1.54, 1.807) is 25.4 Å². The van der Waals surface area contributed by atoms with Crippen molar-refractivity contribution in [2.75, 3.05) is 7.05 Å². The van der Waals surface area contributed by atoms with Gasteiger partial charge in [0, 0.05) is 31.0 Å². The van der Waals surface area contributed by atoms with Crippen molar-refractivity contribution in [3.05, 3.63) is 53.2 Å². The molecule has 0 spiro atoms. The van der Waals surface area contributed by atoms with E-state index in [1.807, 2.05) is 19.2 Å². The van der Waals surface area contributed by atoms with Gasteiger partial charge in [0.2, 0.25) is 5.76 Å². The first-order valence-electron chi connectivity index (χ1n) is 5.96. The highest BCUT2D eigenvalue weighted by molar-refractivity contribution is 5.84. The minimum absolute atomic E-state index is 0.00943. The van der Waals surface area contributed by atoms with Crippen molar-refractivity contribution in [1.29, 1.82) is 0 Å². The molecule has 19 heavy (non-hydrogen) atoms. The normalized spacial score (nSPS) is 10.9. The van der Waals surface area contributed by atoms with Crippen LogP contribution < -0.4 is 0 Å². The van der Waals surface area contributed by atoms with E-state index in [4.69, 9.17) is 9.52 Å². The van der Waals surface area contributed by atoms with Crippen molar-refractivity contribution < 1.29 is 14.3 Å². The smallest absolute Gasteiger partial charge is 0.371 e. The van der Waals surface area contributed by atoms with E-state index in [1.165, 1.54) is 0 Å². The molecule has 2 heterocycles. The van der Waals surface area contributed by atoms with Gasteiger partial charge in [-0.2, -0.15) is 0 Å². The maximum absolute atomic E-state index is 10.8. The molecule has 0 aliphatic heterocycles. The zero-order valence-electron chi connectivity index (χ0n) is 11.0. The summed E-state index contributed by atoms with van der Waals surface area (Å²) in [5, 5.41) is 8.88. The fourth-order valence-electron chi connectivity index (χ4n) is 1.93. The number of pyridine rings is 1. The molecule has 0 aromatic carbocycles. The predicted octanol–water partition coefficient (Wildman–Crippen LogP) is 2.31. The van der Waals surface area contributed by atoms with Gasteiger partial charge in [-0.05, 0) is 37.7 Å². The summed E-state index contributed by atoms with van der Waals surface area (Å²) in [7, 11) is 1.98. The Balaban J connectivity index is 2.03. The molecule has 0 amide bonds. The lowest BCUT2D eigenvalue weighted by Gasteiger charge is -2.15. The zero-order chi connectivity index (χ0) is 13.8. The Labute approximate surface area is 111 Å². The molecule has 0 atom stereocenters. The Morgan fingerprint density at radius 3 is 2.63 bits per heavy atom. The van der Waals surface area contributed by atoms with Gasteiger partial charge in [0.1, 0.15) is 5.76 Å². The van der Waals surface area contributed by atoms with Crippen LogP contribution in [0.3, 0.4) is 0 Å². The fourth-order valence-corrected chi connectivity index (χ4v) is 1.93. The Bertz CT molecular complexity index is 563. The number of hydrogen-bond donors (Lipinski definition) is 1. The second kappa shape index (κ2) is 5.67. The molecular formula is C14H16N2O3. The molecule has 0 aliphatic carbocycles. The number of carboxylic acids is 1. The molecule has 100 valence electrons. The van der Waals surface area contributed by atoms with Crippen LogP contribution in [0.25, 0.3) is 0 Å². The van der Waals surface area contributed by atoms with Gasteiger partial charge in [0.25, 0.3) is 0 Å². The third kappa shape index (κ3) is 3.42. The monoisotopic (exact) mass is 260 g/mol. The number of carboxylic acid groups (broad SMARTS) is 1. The van der Waals surface area contributed by atoms with Gasteiger partial charge < -0.3 is 9.52 Å². The molecule has 1 N–H and O–H groups in total. The van der Waals surface area contributed by atoms with Crippen LogP contribution in [0.1, 0.15) is 27.4 Å². The van der Waals surface area contributed by atoms with Crippen LogP contribution in [0, 0.1) is 6.92 Å². The Kier molecular flexibility index (Phi) is 3.97. The topological polar surface area (TPSA) is 66.6 Å². The molecule has 0 saturated heterocycles. The van der Waals surface area contributed by atoms with Crippen LogP contribution in [0.5, 0.6) is 0 Å². The number of hydrogen-bond acceptors (Lipinski definition) is 4. The maximum Gasteiger partial charge on any atom is 0.371 e. The van der Waals surface area contributed by atoms with E-state index >= 15 is 0 Å². The highest BCUT2D eigenvalue weighted by Gasteiger charge is 2.14. The predicted molar refractivity (Wildman–Crippen MR) is 69.8 cm³/mol. The standard InChI is InChI=1S/C14H16N2O3/c1-10-12(7-13(19-10)14(17)18)9-16(2)8-11-3-5-15-6-4-11/h3-7H,8-9H2,1-2H3,(H,17,18). The van der Waals surface area contributed by atoms with E-state index in [9.17, 15) is 4.79 Å². The van der Waals surface area contributed by atoms with E-state index < -0.39 is 5.97 Å². The number of carbonyl (C=O) groups is 1. The average Bonchev–Trinajstić information content (AvgIpc) is 2.72. The Morgan fingerprint density at radius 1 is 1.37 bits per heavy atom. The van der Waals surface area contributed by atoms with Crippen LogP contribution in [0.2, 0.25) is 0 Å². The first-order valence-corrected chi connectivity index (χ1v) is 5.96. The van der Waals surface area contributed by atoms with Gasteiger partial charge in [0.05, 0.1) is 0 Å². The second-order valence-corrected chi connectivity index (χ2v) is 4.52. The minimum atomic E-state index is -1.04. The van der Waals surface area contributed by atoms with Crippen LogP contribution in [-0.4, -0.2) is 28.0 Å². The molecule has 2 aromatic rings. The number of nitrogens with zero attached hydrogens (tertiary/aromatic N) is 2. The number of aromatic carboxylic acids is 1. The molecular weight excluding hydrogens is 244 g/mol. The molecule has 0 unspecified atom stereocenters. The number of aryl methyl sites for hydroxylation is 1. The van der Waals surface area contributed by atoms with Gasteiger partial charge in [-0.15, -0.1) is 0 Å². The summed E-state index contributed by atoms with van der Waals surface area (Å²) in [5.74, 6) is -0.394. The van der Waals surface area contributed by atoms with E-state index in [2.05, 4.69) is 9.88 Å². The number of aromatic nitrogens is 1. The molecule has 0 bridgehead atoms. The van der Waals surface area contributed by atoms with Gasteiger partial charge in [-0.25, -0.2) is 4.79 Å². The van der Waals surface area contributed by atoms with Crippen molar-refractivity contribution in [3.8, 4) is 0 Å². The quantitative estimate of drug-likeness (QED) is 0.893. The van der Waals surface area contributed by atoms with Crippen molar-refractivity contribution in [1.82, 2.24) is 9.88 Å². The van der Waals surface area contributed by atoms with E-state index in [-0.39, 0.29) is 5.76 Å². The molecule has 0 fully saturated rings. The molecule has 0 aliphatic rings. The summed E-state index contributed by atoms with van der Waals surface area (Å²) >= 11 is 0. The minimum Gasteiger partial charge on any atom is -0.475 e. The van der Waals surface area contributed by atoms with Gasteiger partial charge in [-0.1, -0.05) is 0 Å². The third-order valence-corrected chi connectivity index (χ3v) is 2.87. The Morgan fingerprint density at radius 2 is 2.05 bits per heavy atom. The van der Waals surface area contributed by atoms with Crippen LogP contribution >= 0.6 is 0 Å². The molecule has 5 nitrogen and oxygen atoms in total. The van der Waals surface area contributed by atoms with Crippen LogP contribution in [-0.2, 0) is 13.1 Å². The van der Waals surface area contributed by atoms with Gasteiger partial charge >= 0.3 is 5.97 Å². The Hall–Kier alpha value is -2.14. The molecule has 2 aromatic heterocycles.